The van der Waals surface area contributed by atoms with Gasteiger partial charge in [0, 0.05) is 4.47 Å². The molecule has 1 aliphatic rings. The van der Waals surface area contributed by atoms with Gasteiger partial charge in [0.1, 0.15) is 12.4 Å². The molecular weight excluding hydrogens is 599 g/mol. The number of rotatable bonds is 5. The average molecular weight is 619 g/mol. The Labute approximate surface area is 213 Å². The minimum absolute atomic E-state index is 0.140. The lowest BCUT2D eigenvalue weighted by molar-refractivity contribution is -0.115. The lowest BCUT2D eigenvalue weighted by atomic mass is 10.1. The van der Waals surface area contributed by atoms with Gasteiger partial charge in [-0.3, -0.25) is 4.79 Å². The van der Waals surface area contributed by atoms with Crippen molar-refractivity contribution in [2.75, 3.05) is 0 Å². The smallest absolute Gasteiger partial charge is 0.264 e. The third-order valence-electron chi connectivity index (χ3n) is 4.79. The molecule has 3 aromatic carbocycles. The number of ether oxygens (including phenoxy) is 1. The van der Waals surface area contributed by atoms with Crippen molar-refractivity contribution in [3.8, 4) is 5.75 Å². The maximum absolute atomic E-state index is 12.5. The van der Waals surface area contributed by atoms with Crippen LogP contribution in [-0.2, 0) is 11.4 Å². The summed E-state index contributed by atoms with van der Waals surface area (Å²) in [5, 5.41) is 3.44. The predicted octanol–water partition coefficient (Wildman–Crippen LogP) is 7.14. The zero-order valence-corrected chi connectivity index (χ0v) is 22.0. The quantitative estimate of drug-likeness (QED) is 0.244. The van der Waals surface area contributed by atoms with E-state index < -0.39 is 0 Å². The number of aliphatic imine (C=N–C) groups is 1. The highest BCUT2D eigenvalue weighted by atomic mass is 127. The normalized spacial score (nSPS) is 15.9. The van der Waals surface area contributed by atoms with Crippen molar-refractivity contribution in [2.45, 2.75) is 20.5 Å². The van der Waals surface area contributed by atoms with Gasteiger partial charge in [0.25, 0.3) is 5.91 Å². The van der Waals surface area contributed by atoms with Crippen LogP contribution in [0.5, 0.6) is 5.75 Å². The van der Waals surface area contributed by atoms with E-state index in [1.54, 1.807) is 0 Å². The molecule has 1 fully saturated rings. The van der Waals surface area contributed by atoms with Gasteiger partial charge >= 0.3 is 0 Å². The first kappa shape index (κ1) is 23.1. The summed E-state index contributed by atoms with van der Waals surface area (Å²) in [4.78, 5) is 17.7. The fourth-order valence-electron chi connectivity index (χ4n) is 3.20. The highest BCUT2D eigenvalue weighted by Gasteiger charge is 2.24. The van der Waals surface area contributed by atoms with E-state index in [0.29, 0.717) is 16.7 Å². The average Bonchev–Trinajstić information content (AvgIpc) is 3.10. The van der Waals surface area contributed by atoms with E-state index in [4.69, 9.17) is 4.74 Å². The van der Waals surface area contributed by atoms with Gasteiger partial charge < -0.3 is 10.1 Å². The number of nitrogens with zero attached hydrogens (tertiary/aromatic N) is 1. The monoisotopic (exact) mass is 618 g/mol. The Morgan fingerprint density at radius 1 is 1.09 bits per heavy atom. The molecule has 1 heterocycles. The van der Waals surface area contributed by atoms with E-state index in [1.807, 2.05) is 80.6 Å². The van der Waals surface area contributed by atoms with Gasteiger partial charge in [-0.1, -0.05) is 52.3 Å². The molecule has 0 bridgehead atoms. The molecule has 1 amide bonds. The first-order chi connectivity index (χ1) is 15.4. The molecule has 0 atom stereocenters. The van der Waals surface area contributed by atoms with Gasteiger partial charge in [0.15, 0.2) is 5.17 Å². The maximum Gasteiger partial charge on any atom is 0.264 e. The second-order valence-electron chi connectivity index (χ2n) is 7.34. The van der Waals surface area contributed by atoms with E-state index in [1.165, 1.54) is 11.8 Å². The number of halogens is 2. The van der Waals surface area contributed by atoms with E-state index in [9.17, 15) is 4.79 Å². The fraction of sp³-hybridized carbons (Fsp3) is 0.120. The Kier molecular flexibility index (Phi) is 7.37. The van der Waals surface area contributed by atoms with Crippen LogP contribution in [0.15, 0.2) is 75.0 Å². The van der Waals surface area contributed by atoms with E-state index >= 15 is 0 Å². The van der Waals surface area contributed by atoms with Crippen molar-refractivity contribution in [1.82, 2.24) is 5.32 Å². The van der Waals surface area contributed by atoms with Crippen LogP contribution in [0.1, 0.15) is 22.3 Å². The molecule has 1 saturated heterocycles. The second kappa shape index (κ2) is 10.2. The summed E-state index contributed by atoms with van der Waals surface area (Å²) in [6, 6.07) is 20.0. The molecule has 4 nitrogen and oxygen atoms in total. The van der Waals surface area contributed by atoms with Crippen molar-refractivity contribution in [1.29, 1.82) is 0 Å². The van der Waals surface area contributed by atoms with Gasteiger partial charge in [-0.2, -0.15) is 0 Å². The standard InChI is InChI=1S/C25H20BrIN2O2S/c1-15-10-19(11-16(2)23(15)26)28-25-29-24(30)22(32-25)13-18-8-9-21(20(27)12-18)31-14-17-6-4-3-5-7-17/h3-13H,14H2,1-2H3,(H,28,29,30)/b22-13-. The summed E-state index contributed by atoms with van der Waals surface area (Å²) in [7, 11) is 0. The molecule has 7 heteroatoms. The zero-order chi connectivity index (χ0) is 22.7. The third kappa shape index (κ3) is 5.63. The molecule has 0 aromatic heterocycles. The molecule has 1 aliphatic heterocycles. The summed E-state index contributed by atoms with van der Waals surface area (Å²) >= 11 is 7.18. The second-order valence-corrected chi connectivity index (χ2v) is 10.3. The van der Waals surface area contributed by atoms with Gasteiger partial charge in [0.2, 0.25) is 0 Å². The van der Waals surface area contributed by atoms with Gasteiger partial charge in [-0.05, 0) is 101 Å². The molecule has 0 saturated carbocycles. The zero-order valence-electron chi connectivity index (χ0n) is 17.5. The number of carbonyl (C=O) groups excluding carboxylic acids is 1. The number of amidine groups is 1. The minimum atomic E-state index is -0.140. The van der Waals surface area contributed by atoms with Crippen molar-refractivity contribution < 1.29 is 9.53 Å². The number of hydrogen-bond donors (Lipinski definition) is 1. The minimum Gasteiger partial charge on any atom is -0.488 e. The van der Waals surface area contributed by atoms with Crippen LogP contribution in [-0.4, -0.2) is 11.1 Å². The number of carbonyl (C=O) groups is 1. The van der Waals surface area contributed by atoms with Crippen LogP contribution in [0.4, 0.5) is 5.69 Å². The molecule has 4 rings (SSSR count). The van der Waals surface area contributed by atoms with Crippen molar-refractivity contribution in [2.24, 2.45) is 4.99 Å². The summed E-state index contributed by atoms with van der Waals surface area (Å²) in [5.41, 5.74) is 5.10. The lowest BCUT2D eigenvalue weighted by Gasteiger charge is -2.09. The molecule has 3 aromatic rings. The highest BCUT2D eigenvalue weighted by Crippen LogP contribution is 2.32. The Balaban J connectivity index is 1.48. The number of aryl methyl sites for hydroxylation is 2. The molecule has 0 unspecified atom stereocenters. The molecule has 32 heavy (non-hydrogen) atoms. The Bertz CT molecular complexity index is 1220. The topological polar surface area (TPSA) is 50.7 Å². The third-order valence-corrected chi connectivity index (χ3v) is 7.80. The number of amides is 1. The van der Waals surface area contributed by atoms with Crippen LogP contribution in [0.25, 0.3) is 6.08 Å². The summed E-state index contributed by atoms with van der Waals surface area (Å²) in [5.74, 6) is 0.682. The first-order valence-corrected chi connectivity index (χ1v) is 12.6. The predicted molar refractivity (Wildman–Crippen MR) is 144 cm³/mol. The van der Waals surface area contributed by atoms with Crippen molar-refractivity contribution in [3.05, 3.63) is 95.9 Å². The molecular formula is C25H20BrIN2O2S. The molecule has 0 spiro atoms. The van der Waals surface area contributed by atoms with E-state index in [0.717, 1.165) is 41.7 Å². The maximum atomic E-state index is 12.5. The Morgan fingerprint density at radius 3 is 2.50 bits per heavy atom. The van der Waals surface area contributed by atoms with Gasteiger partial charge in [-0.25, -0.2) is 4.99 Å². The van der Waals surface area contributed by atoms with Crippen LogP contribution in [0, 0.1) is 17.4 Å². The van der Waals surface area contributed by atoms with Crippen molar-refractivity contribution >= 4 is 73.1 Å². The summed E-state index contributed by atoms with van der Waals surface area (Å²) in [6.07, 6.45) is 1.88. The largest absolute Gasteiger partial charge is 0.488 e. The number of hydrogen-bond acceptors (Lipinski definition) is 4. The Morgan fingerprint density at radius 2 is 1.81 bits per heavy atom. The summed E-state index contributed by atoms with van der Waals surface area (Å²) in [6.45, 7) is 4.58. The number of thioether (sulfide) groups is 1. The highest BCUT2D eigenvalue weighted by molar-refractivity contribution is 14.1. The Hall–Kier alpha value is -2.10. The van der Waals surface area contributed by atoms with Gasteiger partial charge in [-0.15, -0.1) is 0 Å². The van der Waals surface area contributed by atoms with Crippen LogP contribution in [0.2, 0.25) is 0 Å². The van der Waals surface area contributed by atoms with Crippen LogP contribution < -0.4 is 10.1 Å². The molecule has 1 N–H and O–H groups in total. The van der Waals surface area contributed by atoms with Gasteiger partial charge in [0.05, 0.1) is 14.2 Å². The first-order valence-electron chi connectivity index (χ1n) is 9.91. The van der Waals surface area contributed by atoms with Crippen LogP contribution in [0.3, 0.4) is 0 Å². The number of benzene rings is 3. The van der Waals surface area contributed by atoms with Crippen molar-refractivity contribution in [3.63, 3.8) is 0 Å². The SMILES string of the molecule is Cc1cc(N=C2NC(=O)/C(=C/c3ccc(OCc4ccccc4)c(I)c3)S2)cc(C)c1Br. The molecule has 0 radical (unpaired) electrons. The lowest BCUT2D eigenvalue weighted by Crippen LogP contribution is -2.19. The van der Waals surface area contributed by atoms with E-state index in [-0.39, 0.29) is 5.91 Å². The molecule has 0 aliphatic carbocycles. The van der Waals surface area contributed by atoms with E-state index in [2.05, 4.69) is 48.8 Å². The molecule has 162 valence electrons. The fourth-order valence-corrected chi connectivity index (χ4v) is 4.96. The summed E-state index contributed by atoms with van der Waals surface area (Å²) < 4.78 is 8.02. The number of nitrogens with one attached hydrogen (secondary N) is 1. The van der Waals surface area contributed by atoms with Crippen LogP contribution >= 0.6 is 50.3 Å².